The van der Waals surface area contributed by atoms with Gasteiger partial charge in [0.1, 0.15) is 5.75 Å². The minimum atomic E-state index is -1.41. The summed E-state index contributed by atoms with van der Waals surface area (Å²) in [5.74, 6) is -1.34. The number of aryl methyl sites for hydroxylation is 1. The lowest BCUT2D eigenvalue weighted by molar-refractivity contribution is -0.279. The molecule has 1 aromatic carbocycles. The van der Waals surface area contributed by atoms with E-state index in [4.69, 9.17) is 19.9 Å². The highest BCUT2D eigenvalue weighted by Gasteiger charge is 2.45. The highest BCUT2D eigenvalue weighted by Crippen LogP contribution is 2.35. The third kappa shape index (κ3) is 2.51. The van der Waals surface area contributed by atoms with Crippen LogP contribution in [0.25, 0.3) is 0 Å². The average Bonchev–Trinajstić information content (AvgIpc) is 2.48. The highest BCUT2D eigenvalue weighted by molar-refractivity contribution is 5.82. The number of hydrogen-bond donors (Lipinski definition) is 1. The van der Waals surface area contributed by atoms with Crippen molar-refractivity contribution in [1.82, 2.24) is 0 Å². The van der Waals surface area contributed by atoms with E-state index in [1.165, 1.54) is 0 Å². The van der Waals surface area contributed by atoms with Crippen molar-refractivity contribution >= 4 is 5.91 Å². The molecule has 1 amide bonds. The van der Waals surface area contributed by atoms with Gasteiger partial charge in [-0.05, 0) is 37.3 Å². The molecule has 0 aliphatic carbocycles. The Hall–Kier alpha value is -1.59. The normalized spacial score (nSPS) is 29.3. The second-order valence-electron chi connectivity index (χ2n) is 5.24. The molecule has 0 aromatic heterocycles. The molecule has 0 spiro atoms. The smallest absolute Gasteiger partial charge is 0.292 e. The lowest BCUT2D eigenvalue weighted by atomic mass is 9.99. The van der Waals surface area contributed by atoms with Gasteiger partial charge in [-0.3, -0.25) is 4.79 Å². The molecule has 2 N–H and O–H groups in total. The zero-order valence-corrected chi connectivity index (χ0v) is 11.3. The predicted molar refractivity (Wildman–Crippen MR) is 72.0 cm³/mol. The van der Waals surface area contributed by atoms with Crippen LogP contribution in [0.15, 0.2) is 24.3 Å². The van der Waals surface area contributed by atoms with Crippen LogP contribution in [-0.2, 0) is 20.7 Å². The van der Waals surface area contributed by atoms with Gasteiger partial charge >= 0.3 is 0 Å². The van der Waals surface area contributed by atoms with E-state index in [2.05, 4.69) is 0 Å². The molecular weight excluding hydrogens is 258 g/mol. The van der Waals surface area contributed by atoms with Crippen LogP contribution in [0.3, 0.4) is 0 Å². The fourth-order valence-electron chi connectivity index (χ4n) is 2.67. The van der Waals surface area contributed by atoms with Gasteiger partial charge < -0.3 is 19.9 Å². The Labute approximate surface area is 118 Å². The molecule has 20 heavy (non-hydrogen) atoms. The third-order valence-electron chi connectivity index (χ3n) is 3.81. The maximum absolute atomic E-state index is 11.9. The zero-order valence-electron chi connectivity index (χ0n) is 11.3. The quantitative estimate of drug-likeness (QED) is 0.913. The Balaban J connectivity index is 1.81. The minimum Gasteiger partial charge on any atom is -0.453 e. The van der Waals surface area contributed by atoms with Crippen LogP contribution in [-0.4, -0.2) is 24.6 Å². The maximum atomic E-state index is 11.9. The molecule has 3 rings (SSSR count). The molecule has 2 unspecified atom stereocenters. The fraction of sp³-hybridized carbons (Fsp3) is 0.533. The van der Waals surface area contributed by atoms with Gasteiger partial charge in [-0.2, -0.15) is 0 Å². The SMILES string of the molecule is NC(=O)C1(OC2CCCCO2)CCc2ccccc2O1. The van der Waals surface area contributed by atoms with E-state index in [0.717, 1.165) is 24.8 Å². The van der Waals surface area contributed by atoms with Gasteiger partial charge in [0.15, 0.2) is 6.29 Å². The van der Waals surface area contributed by atoms with Crippen molar-refractivity contribution in [3.8, 4) is 5.75 Å². The van der Waals surface area contributed by atoms with Crippen molar-refractivity contribution in [3.05, 3.63) is 29.8 Å². The van der Waals surface area contributed by atoms with E-state index in [0.29, 0.717) is 25.2 Å². The van der Waals surface area contributed by atoms with E-state index in [9.17, 15) is 4.79 Å². The van der Waals surface area contributed by atoms with Gasteiger partial charge in [-0.1, -0.05) is 18.2 Å². The van der Waals surface area contributed by atoms with Crippen LogP contribution < -0.4 is 10.5 Å². The summed E-state index contributed by atoms with van der Waals surface area (Å²) < 4.78 is 17.2. The van der Waals surface area contributed by atoms with Crippen molar-refractivity contribution in [3.63, 3.8) is 0 Å². The van der Waals surface area contributed by atoms with Crippen LogP contribution in [0, 0.1) is 0 Å². The molecule has 108 valence electrons. The summed E-state index contributed by atoms with van der Waals surface area (Å²) in [7, 11) is 0. The second-order valence-corrected chi connectivity index (χ2v) is 5.24. The van der Waals surface area contributed by atoms with E-state index >= 15 is 0 Å². The molecule has 5 nitrogen and oxygen atoms in total. The van der Waals surface area contributed by atoms with E-state index in [1.54, 1.807) is 0 Å². The number of nitrogens with two attached hydrogens (primary N) is 1. The predicted octanol–water partition coefficient (Wildman–Crippen LogP) is 1.74. The summed E-state index contributed by atoms with van der Waals surface area (Å²) in [4.78, 5) is 11.9. The van der Waals surface area contributed by atoms with E-state index in [1.807, 2.05) is 24.3 Å². The molecule has 1 saturated heterocycles. The average molecular weight is 277 g/mol. The number of fused-ring (bicyclic) bond motifs is 1. The first-order chi connectivity index (χ1) is 9.70. The van der Waals surface area contributed by atoms with Crippen molar-refractivity contribution in [1.29, 1.82) is 0 Å². The number of carbonyl (C=O) groups excluding carboxylic acids is 1. The fourth-order valence-corrected chi connectivity index (χ4v) is 2.67. The summed E-state index contributed by atoms with van der Waals surface area (Å²) in [6.45, 7) is 0.649. The zero-order chi connectivity index (χ0) is 14.0. The first-order valence-electron chi connectivity index (χ1n) is 7.06. The minimum absolute atomic E-state index is 0.415. The van der Waals surface area contributed by atoms with Crippen LogP contribution in [0.5, 0.6) is 5.75 Å². The molecular formula is C15H19NO4. The van der Waals surface area contributed by atoms with Crippen LogP contribution >= 0.6 is 0 Å². The molecule has 0 saturated carbocycles. The van der Waals surface area contributed by atoms with Gasteiger partial charge in [0, 0.05) is 13.0 Å². The molecule has 1 fully saturated rings. The highest BCUT2D eigenvalue weighted by atomic mass is 16.8. The Kier molecular flexibility index (Phi) is 3.63. The summed E-state index contributed by atoms with van der Waals surface area (Å²) in [6.07, 6.45) is 3.51. The van der Waals surface area contributed by atoms with E-state index in [-0.39, 0.29) is 0 Å². The van der Waals surface area contributed by atoms with Crippen LogP contribution in [0.4, 0.5) is 0 Å². The number of benzene rings is 1. The summed E-state index contributed by atoms with van der Waals surface area (Å²) in [5, 5.41) is 0. The molecule has 0 bridgehead atoms. The summed E-state index contributed by atoms with van der Waals surface area (Å²) in [5.41, 5.74) is 6.60. The summed E-state index contributed by atoms with van der Waals surface area (Å²) >= 11 is 0. The number of para-hydroxylation sites is 1. The number of ether oxygens (including phenoxy) is 3. The summed E-state index contributed by atoms with van der Waals surface area (Å²) in [6, 6.07) is 7.63. The number of hydrogen-bond acceptors (Lipinski definition) is 4. The molecule has 1 aromatic rings. The van der Waals surface area contributed by atoms with Crippen molar-refractivity contribution in [2.75, 3.05) is 6.61 Å². The van der Waals surface area contributed by atoms with Crippen LogP contribution in [0.1, 0.15) is 31.2 Å². The molecule has 2 aliphatic rings. The largest absolute Gasteiger partial charge is 0.453 e. The standard InChI is InChI=1S/C15H19NO4/c16-14(17)15(20-13-7-3-4-10-18-13)9-8-11-5-1-2-6-12(11)19-15/h1-2,5-6,13H,3-4,7-10H2,(H2,16,17). The second kappa shape index (κ2) is 5.42. The molecule has 2 heterocycles. The maximum Gasteiger partial charge on any atom is 0.292 e. The molecule has 0 radical (unpaired) electrons. The molecule has 2 atom stereocenters. The number of carbonyl (C=O) groups is 1. The van der Waals surface area contributed by atoms with E-state index < -0.39 is 18.0 Å². The Morgan fingerprint density at radius 2 is 2.20 bits per heavy atom. The third-order valence-corrected chi connectivity index (χ3v) is 3.81. The van der Waals surface area contributed by atoms with Gasteiger partial charge in [0.05, 0.1) is 0 Å². The lowest BCUT2D eigenvalue weighted by Crippen LogP contribution is -2.55. The topological polar surface area (TPSA) is 70.8 Å². The van der Waals surface area contributed by atoms with Crippen molar-refractivity contribution in [2.45, 2.75) is 44.2 Å². The number of rotatable bonds is 3. The van der Waals surface area contributed by atoms with Gasteiger partial charge in [-0.25, -0.2) is 0 Å². The first kappa shape index (κ1) is 13.4. The van der Waals surface area contributed by atoms with Crippen LogP contribution in [0.2, 0.25) is 0 Å². The van der Waals surface area contributed by atoms with Gasteiger partial charge in [0.25, 0.3) is 11.7 Å². The number of amides is 1. The monoisotopic (exact) mass is 277 g/mol. The van der Waals surface area contributed by atoms with Gasteiger partial charge in [-0.15, -0.1) is 0 Å². The number of primary amides is 1. The van der Waals surface area contributed by atoms with Crippen molar-refractivity contribution in [2.24, 2.45) is 5.73 Å². The Morgan fingerprint density at radius 3 is 2.95 bits per heavy atom. The molecule has 5 heteroatoms. The first-order valence-corrected chi connectivity index (χ1v) is 7.06. The Morgan fingerprint density at radius 1 is 1.35 bits per heavy atom. The van der Waals surface area contributed by atoms with Crippen molar-refractivity contribution < 1.29 is 19.0 Å². The van der Waals surface area contributed by atoms with Gasteiger partial charge in [0.2, 0.25) is 0 Å². The molecule has 2 aliphatic heterocycles. The lowest BCUT2D eigenvalue weighted by Gasteiger charge is -2.38. The Bertz CT molecular complexity index is 498.